The van der Waals surface area contributed by atoms with Crippen LogP contribution in [0.1, 0.15) is 95.8 Å². The van der Waals surface area contributed by atoms with E-state index in [-0.39, 0.29) is 11.8 Å². The highest BCUT2D eigenvalue weighted by atomic mass is 16.1. The summed E-state index contributed by atoms with van der Waals surface area (Å²) in [7, 11) is 0. The van der Waals surface area contributed by atoms with Crippen molar-refractivity contribution < 1.29 is 4.79 Å². The summed E-state index contributed by atoms with van der Waals surface area (Å²) in [6.07, 6.45) is 15.4. The number of rotatable bonds is 10. The van der Waals surface area contributed by atoms with Crippen LogP contribution in [0.5, 0.6) is 0 Å². The molecule has 1 aliphatic heterocycles. The number of para-hydroxylation sites is 1. The Bertz CT molecular complexity index is 1170. The van der Waals surface area contributed by atoms with Gasteiger partial charge in [-0.1, -0.05) is 93.7 Å². The molecule has 0 bridgehead atoms. The zero-order valence-electron chi connectivity index (χ0n) is 23.4. The molecule has 37 heavy (non-hydrogen) atoms. The predicted molar refractivity (Wildman–Crippen MR) is 158 cm³/mol. The Labute approximate surface area is 225 Å². The van der Waals surface area contributed by atoms with E-state index in [0.29, 0.717) is 5.78 Å². The molecule has 0 aromatic heterocycles. The number of ketones is 1. The molecule has 0 spiro atoms. The first-order valence-corrected chi connectivity index (χ1v) is 14.5. The lowest BCUT2D eigenvalue weighted by atomic mass is 9.85. The van der Waals surface area contributed by atoms with Crippen LogP contribution in [0.15, 0.2) is 76.8 Å². The average Bonchev–Trinajstić information content (AvgIpc) is 3.21. The van der Waals surface area contributed by atoms with Crippen LogP contribution >= 0.6 is 0 Å². The topological polar surface area (TPSA) is 29.4 Å². The lowest BCUT2D eigenvalue weighted by Crippen LogP contribution is -2.21. The minimum atomic E-state index is 0.206. The molecule has 2 atom stereocenters. The van der Waals surface area contributed by atoms with E-state index in [0.717, 1.165) is 62.3 Å². The molecule has 0 amide bonds. The Morgan fingerprint density at radius 1 is 1.00 bits per heavy atom. The Morgan fingerprint density at radius 2 is 1.81 bits per heavy atom. The second kappa shape index (κ2) is 13.2. The number of benzene rings is 2. The van der Waals surface area contributed by atoms with Crippen LogP contribution in [0.2, 0.25) is 0 Å². The molecule has 2 unspecified atom stereocenters. The van der Waals surface area contributed by atoms with Gasteiger partial charge in [-0.3, -0.25) is 4.79 Å². The van der Waals surface area contributed by atoms with Crippen LogP contribution in [0.3, 0.4) is 0 Å². The summed E-state index contributed by atoms with van der Waals surface area (Å²) < 4.78 is 0. The van der Waals surface area contributed by atoms with Gasteiger partial charge in [0, 0.05) is 17.4 Å². The number of hydrogen-bond donors (Lipinski definition) is 0. The molecule has 4 rings (SSSR count). The van der Waals surface area contributed by atoms with Crippen LogP contribution in [0.4, 0.5) is 5.69 Å². The van der Waals surface area contributed by atoms with Crippen molar-refractivity contribution in [2.24, 2.45) is 22.7 Å². The Kier molecular flexibility index (Phi) is 9.72. The van der Waals surface area contributed by atoms with Crippen LogP contribution < -0.4 is 0 Å². The molecular weight excluding hydrogens is 450 g/mol. The van der Waals surface area contributed by atoms with Gasteiger partial charge >= 0.3 is 0 Å². The monoisotopic (exact) mass is 495 g/mol. The normalized spacial score (nSPS) is 18.7. The number of fused-ring (bicyclic) bond motifs is 1. The Hall–Kier alpha value is -2.74. The van der Waals surface area contributed by atoms with Crippen molar-refractivity contribution in [2.45, 2.75) is 91.9 Å². The third kappa shape index (κ3) is 7.87. The van der Waals surface area contributed by atoms with Crippen molar-refractivity contribution >= 4 is 17.2 Å². The number of carbonyl (C=O) groups is 1. The van der Waals surface area contributed by atoms with E-state index >= 15 is 0 Å². The summed E-state index contributed by atoms with van der Waals surface area (Å²) in [5, 5.41) is 0. The van der Waals surface area contributed by atoms with Gasteiger partial charge in [0.1, 0.15) is 5.78 Å². The first kappa shape index (κ1) is 27.3. The maximum atomic E-state index is 13.2. The molecule has 1 aliphatic carbocycles. The van der Waals surface area contributed by atoms with Gasteiger partial charge in [-0.05, 0) is 87.1 Å². The van der Waals surface area contributed by atoms with Crippen LogP contribution in [0, 0.1) is 17.8 Å². The molecule has 2 aliphatic rings. The number of allylic oxidation sites excluding steroid dienone is 4. The highest BCUT2D eigenvalue weighted by Crippen LogP contribution is 2.30. The van der Waals surface area contributed by atoms with E-state index in [1.54, 1.807) is 0 Å². The highest BCUT2D eigenvalue weighted by molar-refractivity contribution is 6.10. The standard InChI is InChI=1S/C35H45NO/c1-25(2)11-5-6-12-27(4)35(37)30-16-9-13-28(19-20-30)23-29-14-10-17-32(24-29)34-22-26(3)21-31-15-7-8-18-33(31)36-34/h7-8,10,13-15,17-18,22,24-25,27,30H,5-6,9,11-12,16,19-21,23H2,1-4H3. The summed E-state index contributed by atoms with van der Waals surface area (Å²) in [5.74, 6) is 1.71. The molecule has 0 fully saturated rings. The van der Waals surface area contributed by atoms with Gasteiger partial charge in [-0.15, -0.1) is 0 Å². The summed E-state index contributed by atoms with van der Waals surface area (Å²) >= 11 is 0. The lowest BCUT2D eigenvalue weighted by molar-refractivity contribution is -0.126. The molecule has 0 radical (unpaired) electrons. The number of hydrogen-bond acceptors (Lipinski definition) is 2. The van der Waals surface area contributed by atoms with Crippen molar-refractivity contribution in [1.29, 1.82) is 0 Å². The lowest BCUT2D eigenvalue weighted by Gasteiger charge is -2.18. The van der Waals surface area contributed by atoms with Crippen molar-refractivity contribution in [3.8, 4) is 0 Å². The van der Waals surface area contributed by atoms with Gasteiger partial charge in [0.05, 0.1) is 11.4 Å². The maximum Gasteiger partial charge on any atom is 0.138 e. The smallest absolute Gasteiger partial charge is 0.138 e. The minimum Gasteiger partial charge on any atom is -0.299 e. The number of unbranched alkanes of at least 4 members (excludes halogenated alkanes) is 1. The van der Waals surface area contributed by atoms with E-state index in [9.17, 15) is 4.79 Å². The fourth-order valence-electron chi connectivity index (χ4n) is 5.85. The second-order valence-electron chi connectivity index (χ2n) is 11.8. The van der Waals surface area contributed by atoms with Crippen LogP contribution in [-0.2, 0) is 17.6 Å². The molecule has 0 saturated carbocycles. The van der Waals surface area contributed by atoms with Crippen molar-refractivity contribution in [2.75, 3.05) is 0 Å². The van der Waals surface area contributed by atoms with E-state index in [1.165, 1.54) is 47.1 Å². The predicted octanol–water partition coefficient (Wildman–Crippen LogP) is 9.39. The number of aliphatic imine (C=N–C) groups is 1. The summed E-state index contributed by atoms with van der Waals surface area (Å²) in [4.78, 5) is 18.2. The van der Waals surface area contributed by atoms with Gasteiger partial charge in [-0.25, -0.2) is 4.99 Å². The van der Waals surface area contributed by atoms with Crippen LogP contribution in [0.25, 0.3) is 0 Å². The molecule has 0 saturated heterocycles. The first-order valence-electron chi connectivity index (χ1n) is 14.5. The fraction of sp³-hybridized carbons (Fsp3) is 0.486. The number of nitrogens with zero attached hydrogens (tertiary/aromatic N) is 1. The Morgan fingerprint density at radius 3 is 2.65 bits per heavy atom. The van der Waals surface area contributed by atoms with Crippen LogP contribution in [-0.4, -0.2) is 11.5 Å². The van der Waals surface area contributed by atoms with E-state index in [4.69, 9.17) is 4.99 Å². The molecule has 2 aromatic rings. The summed E-state index contributed by atoms with van der Waals surface area (Å²) in [6, 6.07) is 17.4. The summed E-state index contributed by atoms with van der Waals surface area (Å²) in [5.41, 5.74) is 8.75. The van der Waals surface area contributed by atoms with Crippen molar-refractivity contribution in [3.63, 3.8) is 0 Å². The SMILES string of the molecule is CC1=CC(c2cccc(CC3=CCCC(C(=O)C(C)CCCCC(C)C)CC3)c2)=Nc2ccccc2C1. The average molecular weight is 496 g/mol. The minimum absolute atomic E-state index is 0.206. The second-order valence-corrected chi connectivity index (χ2v) is 11.8. The van der Waals surface area contributed by atoms with Gasteiger partial charge in [0.15, 0.2) is 0 Å². The first-order chi connectivity index (χ1) is 17.9. The number of carbonyl (C=O) groups excluding carboxylic acids is 1. The molecule has 0 N–H and O–H groups in total. The fourth-order valence-corrected chi connectivity index (χ4v) is 5.85. The zero-order valence-corrected chi connectivity index (χ0v) is 23.4. The van der Waals surface area contributed by atoms with Gasteiger partial charge in [-0.2, -0.15) is 0 Å². The van der Waals surface area contributed by atoms with Gasteiger partial charge in [0.25, 0.3) is 0 Å². The van der Waals surface area contributed by atoms with Crippen molar-refractivity contribution in [3.05, 3.63) is 88.5 Å². The van der Waals surface area contributed by atoms with E-state index < -0.39 is 0 Å². The highest BCUT2D eigenvalue weighted by Gasteiger charge is 2.25. The zero-order chi connectivity index (χ0) is 26.2. The third-order valence-corrected chi connectivity index (χ3v) is 8.06. The molecule has 1 heterocycles. The van der Waals surface area contributed by atoms with Crippen molar-refractivity contribution in [1.82, 2.24) is 0 Å². The molecule has 2 aromatic carbocycles. The van der Waals surface area contributed by atoms with E-state index in [2.05, 4.69) is 88.4 Å². The van der Waals surface area contributed by atoms with Gasteiger partial charge < -0.3 is 0 Å². The molecular formula is C35H45NO. The number of Topliss-reactive ketones (excluding diaryl/α,β-unsaturated/α-hetero) is 1. The summed E-state index contributed by atoms with van der Waals surface area (Å²) in [6.45, 7) is 8.92. The quantitative estimate of drug-likeness (QED) is 0.238. The largest absolute Gasteiger partial charge is 0.299 e. The molecule has 2 nitrogen and oxygen atoms in total. The van der Waals surface area contributed by atoms with Gasteiger partial charge in [0.2, 0.25) is 0 Å². The Balaban J connectivity index is 1.36. The maximum absolute atomic E-state index is 13.2. The molecule has 2 heteroatoms. The molecule has 196 valence electrons. The van der Waals surface area contributed by atoms with E-state index in [1.807, 2.05) is 0 Å². The third-order valence-electron chi connectivity index (χ3n) is 8.06.